The fraction of sp³-hybridized carbons (Fsp3) is 0.333. The van der Waals surface area contributed by atoms with Gasteiger partial charge in [0.15, 0.2) is 0 Å². The Kier molecular flexibility index (Phi) is 3.94. The summed E-state index contributed by atoms with van der Waals surface area (Å²) in [6, 6.07) is 14.8. The van der Waals surface area contributed by atoms with Gasteiger partial charge in [-0.2, -0.15) is 0 Å². The molecule has 1 atom stereocenters. The molecule has 1 nitrogen and oxygen atoms in total. The topological polar surface area (TPSA) is 9.23 Å². The number of benzene rings is 2. The maximum Gasteiger partial charge on any atom is 0.123 e. The fourth-order valence-corrected chi connectivity index (χ4v) is 3.35. The summed E-state index contributed by atoms with van der Waals surface area (Å²) in [6.07, 6.45) is 2.08. The summed E-state index contributed by atoms with van der Waals surface area (Å²) in [5, 5.41) is -0.123. The van der Waals surface area contributed by atoms with E-state index in [0.717, 1.165) is 23.5 Å². The second-order valence-electron chi connectivity index (χ2n) is 6.06. The van der Waals surface area contributed by atoms with Crippen LogP contribution in [0.25, 0.3) is 0 Å². The summed E-state index contributed by atoms with van der Waals surface area (Å²) >= 11 is 8.42. The zero-order valence-corrected chi connectivity index (χ0v) is 14.1. The van der Waals surface area contributed by atoms with Crippen LogP contribution in [0.1, 0.15) is 35.9 Å². The van der Waals surface area contributed by atoms with Gasteiger partial charge in [0.2, 0.25) is 0 Å². The lowest BCUT2D eigenvalue weighted by Gasteiger charge is -2.17. The van der Waals surface area contributed by atoms with Gasteiger partial charge in [0, 0.05) is 15.9 Å². The molecule has 1 heterocycles. The quantitative estimate of drug-likeness (QED) is 0.553. The first-order valence-electron chi connectivity index (χ1n) is 7.06. The van der Waals surface area contributed by atoms with E-state index < -0.39 is 0 Å². The highest BCUT2D eigenvalue weighted by Gasteiger charge is 2.32. The van der Waals surface area contributed by atoms with Gasteiger partial charge in [-0.25, -0.2) is 0 Å². The van der Waals surface area contributed by atoms with Crippen LogP contribution in [0.3, 0.4) is 0 Å². The molecular weight excluding hydrogens is 300 g/mol. The van der Waals surface area contributed by atoms with Gasteiger partial charge in [0.1, 0.15) is 5.75 Å². The first-order valence-corrected chi connectivity index (χ1v) is 8.72. The minimum absolute atomic E-state index is 0.0602. The van der Waals surface area contributed by atoms with Gasteiger partial charge in [-0.1, -0.05) is 32.0 Å². The first-order chi connectivity index (χ1) is 10.0. The Labute approximate surface area is 135 Å². The Balaban J connectivity index is 1.93. The van der Waals surface area contributed by atoms with Crippen molar-refractivity contribution in [3.05, 3.63) is 59.2 Å². The van der Waals surface area contributed by atoms with Crippen molar-refractivity contribution in [1.82, 2.24) is 0 Å². The normalized spacial score (nSPS) is 17.1. The van der Waals surface area contributed by atoms with Crippen LogP contribution in [0.2, 0.25) is 0 Å². The van der Waals surface area contributed by atoms with Crippen LogP contribution in [-0.2, 0) is 5.41 Å². The molecular formula is C18H19ClOS. The maximum absolute atomic E-state index is 6.67. The summed E-state index contributed by atoms with van der Waals surface area (Å²) in [6.45, 7) is 5.15. The molecule has 0 saturated carbocycles. The summed E-state index contributed by atoms with van der Waals surface area (Å²) in [5.74, 6) is 0.991. The smallest absolute Gasteiger partial charge is 0.123 e. The minimum atomic E-state index is -0.123. The Morgan fingerprint density at radius 3 is 2.43 bits per heavy atom. The van der Waals surface area contributed by atoms with Gasteiger partial charge in [-0.05, 0) is 41.6 Å². The Hall–Kier alpha value is -1.12. The molecule has 1 unspecified atom stereocenters. The monoisotopic (exact) mass is 318 g/mol. The first kappa shape index (κ1) is 14.8. The molecule has 0 aromatic heterocycles. The predicted molar refractivity (Wildman–Crippen MR) is 90.9 cm³/mol. The molecule has 0 radical (unpaired) electrons. The van der Waals surface area contributed by atoms with E-state index in [4.69, 9.17) is 16.3 Å². The van der Waals surface area contributed by atoms with Crippen molar-refractivity contribution in [2.45, 2.75) is 29.5 Å². The predicted octanol–water partition coefficient (Wildman–Crippen LogP) is 5.41. The van der Waals surface area contributed by atoms with Crippen molar-refractivity contribution in [3.8, 4) is 5.75 Å². The number of hydrogen-bond donors (Lipinski definition) is 0. The summed E-state index contributed by atoms with van der Waals surface area (Å²) < 4.78 is 5.74. The SMILES string of the molecule is CSc1ccc(C(Cl)c2ccc3c(c2)C(C)(C)CO3)cc1. The highest BCUT2D eigenvalue weighted by Crippen LogP contribution is 2.41. The van der Waals surface area contributed by atoms with E-state index in [1.54, 1.807) is 11.8 Å². The number of ether oxygens (including phenoxy) is 1. The van der Waals surface area contributed by atoms with Crippen molar-refractivity contribution in [2.75, 3.05) is 12.9 Å². The zero-order chi connectivity index (χ0) is 15.0. The molecule has 2 aromatic carbocycles. The molecule has 0 spiro atoms. The van der Waals surface area contributed by atoms with Gasteiger partial charge in [-0.3, -0.25) is 0 Å². The van der Waals surface area contributed by atoms with Crippen molar-refractivity contribution < 1.29 is 4.74 Å². The molecule has 1 aliphatic heterocycles. The number of hydrogen-bond acceptors (Lipinski definition) is 2. The number of rotatable bonds is 3. The Morgan fingerprint density at radius 1 is 1.10 bits per heavy atom. The zero-order valence-electron chi connectivity index (χ0n) is 12.5. The molecule has 21 heavy (non-hydrogen) atoms. The van der Waals surface area contributed by atoms with Crippen molar-refractivity contribution >= 4 is 23.4 Å². The van der Waals surface area contributed by atoms with E-state index in [-0.39, 0.29) is 10.8 Å². The molecule has 0 saturated heterocycles. The number of alkyl halides is 1. The highest BCUT2D eigenvalue weighted by atomic mass is 35.5. The lowest BCUT2D eigenvalue weighted by atomic mass is 9.85. The van der Waals surface area contributed by atoms with Crippen molar-refractivity contribution in [1.29, 1.82) is 0 Å². The van der Waals surface area contributed by atoms with Crippen LogP contribution < -0.4 is 4.74 Å². The third-order valence-corrected chi connectivity index (χ3v) is 5.27. The van der Waals surface area contributed by atoms with E-state index in [9.17, 15) is 0 Å². The minimum Gasteiger partial charge on any atom is -0.492 e. The van der Waals surface area contributed by atoms with Crippen molar-refractivity contribution in [2.24, 2.45) is 0 Å². The molecule has 3 heteroatoms. The van der Waals surface area contributed by atoms with Crippen LogP contribution in [0, 0.1) is 0 Å². The lowest BCUT2D eigenvalue weighted by molar-refractivity contribution is 0.291. The van der Waals surface area contributed by atoms with Gasteiger partial charge >= 0.3 is 0 Å². The van der Waals surface area contributed by atoms with Crippen molar-refractivity contribution in [3.63, 3.8) is 0 Å². The molecule has 110 valence electrons. The third kappa shape index (κ3) is 2.79. The maximum atomic E-state index is 6.67. The molecule has 3 rings (SSSR count). The van der Waals surface area contributed by atoms with Gasteiger partial charge < -0.3 is 4.74 Å². The van der Waals surface area contributed by atoms with Gasteiger partial charge in [0.25, 0.3) is 0 Å². The molecule has 0 bridgehead atoms. The van der Waals surface area contributed by atoms with E-state index in [0.29, 0.717) is 0 Å². The van der Waals surface area contributed by atoms with Crippen LogP contribution in [0.4, 0.5) is 0 Å². The van der Waals surface area contributed by atoms with E-state index in [1.807, 2.05) is 6.07 Å². The Morgan fingerprint density at radius 2 is 1.76 bits per heavy atom. The number of fused-ring (bicyclic) bond motifs is 1. The summed E-state index contributed by atoms with van der Waals surface area (Å²) in [4.78, 5) is 1.26. The molecule has 2 aromatic rings. The van der Waals surface area contributed by atoms with Gasteiger partial charge in [-0.15, -0.1) is 23.4 Å². The average molecular weight is 319 g/mol. The molecule has 0 amide bonds. The van der Waals surface area contributed by atoms with Crippen LogP contribution >= 0.6 is 23.4 Å². The molecule has 0 fully saturated rings. The second kappa shape index (κ2) is 5.58. The van der Waals surface area contributed by atoms with E-state index >= 15 is 0 Å². The summed E-state index contributed by atoms with van der Waals surface area (Å²) in [5.41, 5.74) is 3.58. The van der Waals surface area contributed by atoms with Crippen LogP contribution in [0.5, 0.6) is 5.75 Å². The lowest BCUT2D eigenvalue weighted by Crippen LogP contribution is -2.18. The number of thioether (sulfide) groups is 1. The van der Waals surface area contributed by atoms with Gasteiger partial charge in [0.05, 0.1) is 12.0 Å². The molecule has 0 N–H and O–H groups in total. The standard InChI is InChI=1S/C18H19ClOS/c1-18(2)11-20-16-9-6-13(10-15(16)18)17(19)12-4-7-14(21-3)8-5-12/h4-10,17H,11H2,1-3H3. The average Bonchev–Trinajstić information content (AvgIpc) is 2.82. The fourth-order valence-electron chi connectivity index (χ4n) is 2.66. The largest absolute Gasteiger partial charge is 0.492 e. The molecule has 1 aliphatic rings. The third-order valence-electron chi connectivity index (χ3n) is 4.02. The van der Waals surface area contributed by atoms with E-state index in [1.165, 1.54) is 10.5 Å². The molecule has 0 aliphatic carbocycles. The van der Waals surface area contributed by atoms with E-state index in [2.05, 4.69) is 56.5 Å². The highest BCUT2D eigenvalue weighted by molar-refractivity contribution is 7.98. The number of halogens is 1. The summed E-state index contributed by atoms with van der Waals surface area (Å²) in [7, 11) is 0. The van der Waals surface area contributed by atoms with Crippen LogP contribution in [-0.4, -0.2) is 12.9 Å². The second-order valence-corrected chi connectivity index (χ2v) is 7.38. The Bertz CT molecular complexity index is 649. The van der Waals surface area contributed by atoms with Crippen LogP contribution in [0.15, 0.2) is 47.4 Å².